The molecule has 0 heterocycles. The van der Waals surface area contributed by atoms with Crippen molar-refractivity contribution < 1.29 is 18.9 Å². The highest BCUT2D eigenvalue weighted by molar-refractivity contribution is 5.84. The van der Waals surface area contributed by atoms with Crippen LogP contribution in [-0.2, 0) is 0 Å². The van der Waals surface area contributed by atoms with Crippen LogP contribution in [0.15, 0.2) is 243 Å². The minimum absolute atomic E-state index is 0.804. The van der Waals surface area contributed by atoms with Crippen molar-refractivity contribution >= 4 is 51.2 Å². The van der Waals surface area contributed by atoms with Gasteiger partial charge >= 0.3 is 0 Å². The van der Waals surface area contributed by atoms with Gasteiger partial charge in [0, 0.05) is 51.2 Å². The number of ether oxygens (including phenoxy) is 4. The van der Waals surface area contributed by atoms with Crippen molar-refractivity contribution in [2.45, 2.75) is 6.92 Å². The molecule has 0 unspecified atom stereocenters. The predicted octanol–water partition coefficient (Wildman–Crippen LogP) is 17.4. The summed E-state index contributed by atoms with van der Waals surface area (Å²) < 4.78 is 22.0. The van der Waals surface area contributed by atoms with Gasteiger partial charge in [-0.05, 0) is 198 Å². The Bertz CT molecular complexity index is 3280. The van der Waals surface area contributed by atoms with Gasteiger partial charge in [-0.25, -0.2) is 0 Å². The van der Waals surface area contributed by atoms with Gasteiger partial charge in [-0.15, -0.1) is 0 Å². The third kappa shape index (κ3) is 10.1. The maximum absolute atomic E-state index is 5.55. The molecule has 0 aliphatic rings. The van der Waals surface area contributed by atoms with Crippen molar-refractivity contribution in [3.05, 3.63) is 248 Å². The molecule has 354 valence electrons. The zero-order valence-corrected chi connectivity index (χ0v) is 41.1. The van der Waals surface area contributed by atoms with Crippen molar-refractivity contribution in [1.29, 1.82) is 0 Å². The largest absolute Gasteiger partial charge is 0.497 e. The Hall–Kier alpha value is -9.20. The minimum Gasteiger partial charge on any atom is -0.497 e. The van der Waals surface area contributed by atoms with Crippen LogP contribution in [0.5, 0.6) is 23.0 Å². The molecule has 0 aliphatic heterocycles. The lowest BCUT2D eigenvalue weighted by Gasteiger charge is -2.27. The molecule has 0 fully saturated rings. The van der Waals surface area contributed by atoms with Crippen LogP contribution in [0.4, 0.5) is 51.2 Å². The smallest absolute Gasteiger partial charge is 0.119 e. The second kappa shape index (κ2) is 21.2. The number of hydrogen-bond donors (Lipinski definition) is 0. The zero-order valence-electron chi connectivity index (χ0n) is 41.1. The summed E-state index contributed by atoms with van der Waals surface area (Å²) in [5, 5.41) is 0. The summed E-state index contributed by atoms with van der Waals surface area (Å²) in [5.41, 5.74) is 17.4. The van der Waals surface area contributed by atoms with Crippen LogP contribution in [-0.4, -0.2) is 28.4 Å². The first-order valence-corrected chi connectivity index (χ1v) is 23.9. The molecule has 0 saturated heterocycles. The van der Waals surface area contributed by atoms with Gasteiger partial charge in [-0.3, -0.25) is 0 Å². The second-order valence-corrected chi connectivity index (χ2v) is 17.4. The van der Waals surface area contributed by atoms with E-state index in [9.17, 15) is 0 Å². The van der Waals surface area contributed by atoms with Gasteiger partial charge in [-0.2, -0.15) is 0 Å². The van der Waals surface area contributed by atoms with Crippen molar-refractivity contribution in [1.82, 2.24) is 0 Å². The van der Waals surface area contributed by atoms with Crippen LogP contribution >= 0.6 is 0 Å². The molecule has 0 atom stereocenters. The SMILES string of the molecule is COc1ccc(N(c2ccc(OC)cc2)c2ccc(-c3ccc(N(c4ccc(OC)cc4)c4ccc(-c5ccc(N(c6ccc(OC)cc6)c6ccc(-c7ccc(C)cc7)cc6)cc5)cc4)cc3)cc2)cc1. The Morgan fingerprint density at radius 2 is 0.333 bits per heavy atom. The fourth-order valence-electron chi connectivity index (χ4n) is 9.03. The van der Waals surface area contributed by atoms with Crippen LogP contribution in [0.3, 0.4) is 0 Å². The number of methoxy groups -OCH3 is 4. The predicted molar refractivity (Wildman–Crippen MR) is 298 cm³/mol. The van der Waals surface area contributed by atoms with Gasteiger partial charge in [0.2, 0.25) is 0 Å². The van der Waals surface area contributed by atoms with E-state index < -0.39 is 0 Å². The van der Waals surface area contributed by atoms with E-state index in [-0.39, 0.29) is 0 Å². The Labute approximate surface area is 423 Å². The van der Waals surface area contributed by atoms with E-state index >= 15 is 0 Å². The first-order chi connectivity index (χ1) is 35.4. The van der Waals surface area contributed by atoms with Crippen LogP contribution in [0.25, 0.3) is 33.4 Å². The average molecular weight is 942 g/mol. The van der Waals surface area contributed by atoms with Gasteiger partial charge < -0.3 is 33.6 Å². The van der Waals surface area contributed by atoms with E-state index in [0.717, 1.165) is 96.4 Å². The number of aryl methyl sites for hydroxylation is 1. The van der Waals surface area contributed by atoms with Crippen molar-refractivity contribution in [2.75, 3.05) is 43.1 Å². The fraction of sp³-hybridized carbons (Fsp3) is 0.0769. The molecule has 0 saturated carbocycles. The lowest BCUT2D eigenvalue weighted by molar-refractivity contribution is 0.414. The molecule has 72 heavy (non-hydrogen) atoms. The van der Waals surface area contributed by atoms with Crippen LogP contribution in [0.1, 0.15) is 5.56 Å². The van der Waals surface area contributed by atoms with E-state index in [1.54, 1.807) is 28.4 Å². The molecule has 0 N–H and O–H groups in total. The molecule has 0 radical (unpaired) electrons. The summed E-state index contributed by atoms with van der Waals surface area (Å²) in [7, 11) is 6.76. The van der Waals surface area contributed by atoms with Gasteiger partial charge in [0.25, 0.3) is 0 Å². The number of nitrogens with zero attached hydrogens (tertiary/aromatic N) is 3. The van der Waals surface area contributed by atoms with Crippen molar-refractivity contribution in [3.8, 4) is 56.4 Å². The number of rotatable bonds is 16. The number of hydrogen-bond acceptors (Lipinski definition) is 7. The molecule has 10 rings (SSSR count). The summed E-state index contributed by atoms with van der Waals surface area (Å²) >= 11 is 0. The summed E-state index contributed by atoms with van der Waals surface area (Å²) in [6, 6.07) is 85.0. The van der Waals surface area contributed by atoms with E-state index in [0.29, 0.717) is 0 Å². The van der Waals surface area contributed by atoms with Crippen LogP contribution in [0.2, 0.25) is 0 Å². The normalized spacial score (nSPS) is 10.8. The first kappa shape index (κ1) is 46.5. The fourth-order valence-corrected chi connectivity index (χ4v) is 9.03. The van der Waals surface area contributed by atoms with Gasteiger partial charge in [0.1, 0.15) is 23.0 Å². The third-order valence-electron chi connectivity index (χ3n) is 13.0. The lowest BCUT2D eigenvalue weighted by atomic mass is 10.0. The monoisotopic (exact) mass is 941 g/mol. The summed E-state index contributed by atoms with van der Waals surface area (Å²) in [6.45, 7) is 2.11. The number of anilines is 9. The Balaban J connectivity index is 0.912. The van der Waals surface area contributed by atoms with E-state index in [2.05, 4.69) is 216 Å². The zero-order chi connectivity index (χ0) is 49.4. The highest BCUT2D eigenvalue weighted by Gasteiger charge is 2.18. The van der Waals surface area contributed by atoms with Crippen LogP contribution in [0, 0.1) is 6.92 Å². The third-order valence-corrected chi connectivity index (χ3v) is 13.0. The lowest BCUT2D eigenvalue weighted by Crippen LogP contribution is -2.10. The Kier molecular flexibility index (Phi) is 13.7. The highest BCUT2D eigenvalue weighted by atomic mass is 16.5. The molecule has 0 spiro atoms. The molecule has 7 nitrogen and oxygen atoms in total. The van der Waals surface area contributed by atoms with E-state index in [1.165, 1.54) is 16.7 Å². The molecule has 0 amide bonds. The molecular weight excluding hydrogens is 887 g/mol. The van der Waals surface area contributed by atoms with E-state index in [1.807, 2.05) is 48.5 Å². The topological polar surface area (TPSA) is 46.6 Å². The molecule has 10 aromatic carbocycles. The summed E-state index contributed by atoms with van der Waals surface area (Å²) in [6.07, 6.45) is 0. The molecule has 10 aromatic rings. The maximum atomic E-state index is 5.55. The quantitative estimate of drug-likeness (QED) is 0.0956. The Morgan fingerprint density at radius 3 is 0.486 bits per heavy atom. The average Bonchev–Trinajstić information content (AvgIpc) is 3.45. The molecule has 0 aromatic heterocycles. The number of benzene rings is 10. The first-order valence-electron chi connectivity index (χ1n) is 23.9. The summed E-state index contributed by atoms with van der Waals surface area (Å²) in [5.74, 6) is 3.24. The molecule has 0 bridgehead atoms. The molecule has 7 heteroatoms. The standard InChI is InChI=1S/C65H55N3O4/c1-46-6-8-47(9-7-46)48-10-20-53(21-11-48)66(58-30-38-62(69-2)39-31-58)54-22-12-49(13-23-54)50-14-24-55(25-15-50)67(59-32-40-63(70-3)41-33-59)56-26-16-51(17-27-56)52-18-28-57(29-19-52)68(60-34-42-64(71-4)43-35-60)61-36-44-65(72-5)45-37-61/h6-45H,1-5H3. The van der Waals surface area contributed by atoms with Gasteiger partial charge in [-0.1, -0.05) is 90.5 Å². The van der Waals surface area contributed by atoms with E-state index in [4.69, 9.17) is 18.9 Å². The minimum atomic E-state index is 0.804. The Morgan fingerprint density at radius 1 is 0.194 bits per heavy atom. The van der Waals surface area contributed by atoms with Gasteiger partial charge in [0.05, 0.1) is 28.4 Å². The summed E-state index contributed by atoms with van der Waals surface area (Å²) in [4.78, 5) is 6.78. The van der Waals surface area contributed by atoms with Crippen LogP contribution < -0.4 is 33.6 Å². The molecular formula is C65H55N3O4. The van der Waals surface area contributed by atoms with Gasteiger partial charge in [0.15, 0.2) is 0 Å². The van der Waals surface area contributed by atoms with Crippen molar-refractivity contribution in [3.63, 3.8) is 0 Å². The maximum Gasteiger partial charge on any atom is 0.119 e. The second-order valence-electron chi connectivity index (χ2n) is 17.4. The molecule has 0 aliphatic carbocycles. The highest BCUT2D eigenvalue weighted by Crippen LogP contribution is 2.41. The van der Waals surface area contributed by atoms with Crippen molar-refractivity contribution in [2.24, 2.45) is 0 Å².